The molecule has 1 aliphatic rings. The summed E-state index contributed by atoms with van der Waals surface area (Å²) in [6.07, 6.45) is 2.49. The Bertz CT molecular complexity index is 565. The van der Waals surface area contributed by atoms with Crippen LogP contribution < -0.4 is 5.46 Å². The van der Waals surface area contributed by atoms with Gasteiger partial charge < -0.3 is 10.0 Å². The van der Waals surface area contributed by atoms with Crippen molar-refractivity contribution >= 4 is 12.6 Å². The van der Waals surface area contributed by atoms with E-state index >= 15 is 0 Å². The lowest BCUT2D eigenvalue weighted by Crippen LogP contribution is -2.30. The molecule has 1 unspecified atom stereocenters. The second-order valence-electron chi connectivity index (χ2n) is 5.60. The van der Waals surface area contributed by atoms with E-state index in [4.69, 9.17) is 0 Å². The quantitative estimate of drug-likeness (QED) is 0.836. The third kappa shape index (κ3) is 3.18. The molecule has 1 saturated heterocycles. The number of benzene rings is 2. The summed E-state index contributed by atoms with van der Waals surface area (Å²) in [6.45, 7) is 2.23. The zero-order valence-corrected chi connectivity index (χ0v) is 12.0. The van der Waals surface area contributed by atoms with Gasteiger partial charge in [0.15, 0.2) is 0 Å². The lowest BCUT2D eigenvalue weighted by molar-refractivity contribution is 0.281. The van der Waals surface area contributed by atoms with Crippen molar-refractivity contribution in [3.63, 3.8) is 0 Å². The van der Waals surface area contributed by atoms with Crippen molar-refractivity contribution in [2.75, 3.05) is 13.1 Å². The summed E-state index contributed by atoms with van der Waals surface area (Å²) >= 11 is 0. The van der Waals surface area contributed by atoms with Gasteiger partial charge in [-0.05, 0) is 42.5 Å². The molecule has 0 aromatic heterocycles. The van der Waals surface area contributed by atoms with Crippen LogP contribution in [0, 0.1) is 0 Å². The second kappa shape index (κ2) is 6.44. The Morgan fingerprint density at radius 3 is 1.95 bits per heavy atom. The highest BCUT2D eigenvalue weighted by molar-refractivity contribution is 6.58. The van der Waals surface area contributed by atoms with E-state index in [9.17, 15) is 10.0 Å². The fraction of sp³-hybridized carbons (Fsp3) is 0.294. The van der Waals surface area contributed by atoms with Gasteiger partial charge in [0.25, 0.3) is 0 Å². The van der Waals surface area contributed by atoms with Crippen molar-refractivity contribution in [2.24, 2.45) is 0 Å². The molecule has 1 atom stereocenters. The van der Waals surface area contributed by atoms with E-state index in [1.165, 1.54) is 24.0 Å². The molecule has 2 aromatic rings. The van der Waals surface area contributed by atoms with Crippen LogP contribution >= 0.6 is 0 Å². The van der Waals surface area contributed by atoms with Crippen LogP contribution in [0.5, 0.6) is 0 Å². The molecule has 4 heteroatoms. The molecule has 1 aliphatic heterocycles. The van der Waals surface area contributed by atoms with Crippen molar-refractivity contribution in [2.45, 2.75) is 18.9 Å². The lowest BCUT2D eigenvalue weighted by atomic mass is 9.79. The molecule has 0 radical (unpaired) electrons. The number of hydrogen-bond acceptors (Lipinski definition) is 3. The molecule has 0 aliphatic carbocycles. The maximum Gasteiger partial charge on any atom is 0.488 e. The summed E-state index contributed by atoms with van der Waals surface area (Å²) in [4.78, 5) is 2.50. The number of hydrogen-bond donors (Lipinski definition) is 2. The van der Waals surface area contributed by atoms with Crippen molar-refractivity contribution < 1.29 is 10.0 Å². The minimum Gasteiger partial charge on any atom is -0.423 e. The van der Waals surface area contributed by atoms with Gasteiger partial charge in [-0.15, -0.1) is 0 Å². The molecule has 2 aromatic carbocycles. The summed E-state index contributed by atoms with van der Waals surface area (Å²) < 4.78 is 0. The Morgan fingerprint density at radius 2 is 1.38 bits per heavy atom. The maximum absolute atomic E-state index is 9.23. The Hall–Kier alpha value is -1.62. The Morgan fingerprint density at radius 1 is 0.810 bits per heavy atom. The summed E-state index contributed by atoms with van der Waals surface area (Å²) in [5.74, 6) is 0. The van der Waals surface area contributed by atoms with Crippen LogP contribution in [-0.2, 0) is 0 Å². The van der Waals surface area contributed by atoms with E-state index < -0.39 is 7.12 Å². The monoisotopic (exact) mass is 281 g/mol. The van der Waals surface area contributed by atoms with Crippen LogP contribution in [0.4, 0.5) is 0 Å². The normalized spacial score (nSPS) is 16.9. The van der Waals surface area contributed by atoms with Crippen molar-refractivity contribution in [3.05, 3.63) is 65.7 Å². The molecule has 1 fully saturated rings. The minimum atomic E-state index is -1.40. The highest BCUT2D eigenvalue weighted by Crippen LogP contribution is 2.31. The molecule has 2 N–H and O–H groups in total. The van der Waals surface area contributed by atoms with Gasteiger partial charge in [-0.3, -0.25) is 4.90 Å². The first-order valence-corrected chi connectivity index (χ1v) is 7.51. The van der Waals surface area contributed by atoms with Gasteiger partial charge in [-0.25, -0.2) is 0 Å². The molecule has 0 saturated carbocycles. The maximum atomic E-state index is 9.23. The minimum absolute atomic E-state index is 0.249. The topological polar surface area (TPSA) is 43.7 Å². The average molecular weight is 281 g/mol. The third-order valence-corrected chi connectivity index (χ3v) is 4.17. The van der Waals surface area contributed by atoms with Crippen molar-refractivity contribution in [3.8, 4) is 0 Å². The molecular formula is C17H20BNO2. The van der Waals surface area contributed by atoms with Crippen LogP contribution in [0.2, 0.25) is 0 Å². The first kappa shape index (κ1) is 14.3. The molecule has 0 bridgehead atoms. The summed E-state index contributed by atoms with van der Waals surface area (Å²) in [7, 11) is -1.40. The number of likely N-dealkylation sites (tertiary alicyclic amines) is 1. The van der Waals surface area contributed by atoms with Gasteiger partial charge in [0.05, 0.1) is 6.04 Å². The zero-order valence-electron chi connectivity index (χ0n) is 12.0. The molecule has 0 amide bonds. The first-order chi connectivity index (χ1) is 10.3. The standard InChI is InChI=1S/C17H20BNO2/c20-18(21)16-10-8-15(9-11-16)17(19-12-4-5-13-19)14-6-2-1-3-7-14/h1-3,6-11,17,20-21H,4-5,12-13H2. The number of nitrogens with zero attached hydrogens (tertiary/aromatic N) is 1. The predicted molar refractivity (Wildman–Crippen MR) is 85.4 cm³/mol. The van der Waals surface area contributed by atoms with E-state index in [0.29, 0.717) is 5.46 Å². The molecule has 108 valence electrons. The van der Waals surface area contributed by atoms with Crippen LogP contribution in [0.1, 0.15) is 30.0 Å². The second-order valence-corrected chi connectivity index (χ2v) is 5.60. The Kier molecular flexibility index (Phi) is 4.39. The molecule has 3 nitrogen and oxygen atoms in total. The van der Waals surface area contributed by atoms with Gasteiger partial charge in [-0.1, -0.05) is 54.6 Å². The molecule has 0 spiro atoms. The highest BCUT2D eigenvalue weighted by Gasteiger charge is 2.25. The van der Waals surface area contributed by atoms with Crippen molar-refractivity contribution in [1.29, 1.82) is 0 Å². The van der Waals surface area contributed by atoms with Gasteiger partial charge in [-0.2, -0.15) is 0 Å². The molecule has 1 heterocycles. The highest BCUT2D eigenvalue weighted by atomic mass is 16.4. The lowest BCUT2D eigenvalue weighted by Gasteiger charge is -2.28. The van der Waals surface area contributed by atoms with Gasteiger partial charge in [0.2, 0.25) is 0 Å². The van der Waals surface area contributed by atoms with Crippen LogP contribution in [-0.4, -0.2) is 35.2 Å². The fourth-order valence-electron chi connectivity index (χ4n) is 3.10. The summed E-state index contributed by atoms with van der Waals surface area (Å²) in [5.41, 5.74) is 3.02. The third-order valence-electron chi connectivity index (χ3n) is 4.17. The molecule has 3 rings (SSSR count). The van der Waals surface area contributed by atoms with Gasteiger partial charge in [0.1, 0.15) is 0 Å². The van der Waals surface area contributed by atoms with Crippen LogP contribution in [0.15, 0.2) is 54.6 Å². The van der Waals surface area contributed by atoms with Gasteiger partial charge in [0, 0.05) is 0 Å². The van der Waals surface area contributed by atoms with E-state index in [1.807, 2.05) is 18.2 Å². The largest absolute Gasteiger partial charge is 0.488 e. The molecule has 21 heavy (non-hydrogen) atoms. The Balaban J connectivity index is 1.94. The van der Waals surface area contributed by atoms with Crippen LogP contribution in [0.3, 0.4) is 0 Å². The number of rotatable bonds is 4. The van der Waals surface area contributed by atoms with E-state index in [0.717, 1.165) is 13.1 Å². The Labute approximate surface area is 126 Å². The predicted octanol–water partition coefficient (Wildman–Crippen LogP) is 1.55. The average Bonchev–Trinajstić information content (AvgIpc) is 3.03. The molecular weight excluding hydrogens is 261 g/mol. The summed E-state index contributed by atoms with van der Waals surface area (Å²) in [5, 5.41) is 18.5. The van der Waals surface area contributed by atoms with Crippen LogP contribution in [0.25, 0.3) is 0 Å². The van der Waals surface area contributed by atoms with E-state index in [-0.39, 0.29) is 6.04 Å². The zero-order chi connectivity index (χ0) is 14.7. The van der Waals surface area contributed by atoms with E-state index in [1.54, 1.807) is 12.1 Å². The van der Waals surface area contributed by atoms with Crippen molar-refractivity contribution in [1.82, 2.24) is 4.90 Å². The van der Waals surface area contributed by atoms with E-state index in [2.05, 4.69) is 29.2 Å². The first-order valence-electron chi connectivity index (χ1n) is 7.51. The SMILES string of the molecule is OB(O)c1ccc(C(c2ccccc2)N2CCCC2)cc1. The summed E-state index contributed by atoms with van der Waals surface area (Å²) in [6, 6.07) is 18.4. The van der Waals surface area contributed by atoms with Gasteiger partial charge >= 0.3 is 7.12 Å². The fourth-order valence-corrected chi connectivity index (χ4v) is 3.10. The smallest absolute Gasteiger partial charge is 0.423 e.